The van der Waals surface area contributed by atoms with Crippen molar-refractivity contribution in [1.82, 2.24) is 0 Å². The summed E-state index contributed by atoms with van der Waals surface area (Å²) in [5.74, 6) is -2.10. The van der Waals surface area contributed by atoms with Crippen molar-refractivity contribution in [2.24, 2.45) is 0 Å². The highest BCUT2D eigenvalue weighted by molar-refractivity contribution is 6.53. The molecular formula is C18H14ClFN2O2. The summed E-state index contributed by atoms with van der Waals surface area (Å²) in [7, 11) is 0. The number of nitrogens with one attached hydrogen (secondary N) is 1. The zero-order valence-electron chi connectivity index (χ0n) is 13.1. The predicted octanol–water partition coefficient (Wildman–Crippen LogP) is 3.88. The lowest BCUT2D eigenvalue weighted by atomic mass is 10.1. The molecule has 2 aromatic rings. The van der Waals surface area contributed by atoms with Crippen LogP contribution in [-0.2, 0) is 9.59 Å². The highest BCUT2D eigenvalue weighted by Gasteiger charge is 2.40. The summed E-state index contributed by atoms with van der Waals surface area (Å²) in [4.78, 5) is 25.7. The number of para-hydroxylation sites is 1. The van der Waals surface area contributed by atoms with E-state index in [-0.39, 0.29) is 16.4 Å². The Hall–Kier alpha value is -2.66. The summed E-state index contributed by atoms with van der Waals surface area (Å²) in [5, 5.41) is 2.65. The second kappa shape index (κ2) is 6.09. The fraction of sp³-hybridized carbons (Fsp3) is 0.111. The summed E-state index contributed by atoms with van der Waals surface area (Å²) in [5.41, 5.74) is 2.37. The Morgan fingerprint density at radius 1 is 1.04 bits per heavy atom. The topological polar surface area (TPSA) is 49.4 Å². The zero-order valence-corrected chi connectivity index (χ0v) is 13.8. The smallest absolute Gasteiger partial charge is 0.283 e. The van der Waals surface area contributed by atoms with E-state index in [2.05, 4.69) is 5.32 Å². The van der Waals surface area contributed by atoms with Crippen LogP contribution in [0.4, 0.5) is 15.8 Å². The van der Waals surface area contributed by atoms with Gasteiger partial charge in [0.05, 0.1) is 5.69 Å². The Morgan fingerprint density at radius 3 is 2.46 bits per heavy atom. The van der Waals surface area contributed by atoms with E-state index in [1.807, 2.05) is 32.0 Å². The first-order valence-electron chi connectivity index (χ1n) is 7.27. The Balaban J connectivity index is 1.98. The molecule has 122 valence electrons. The number of rotatable bonds is 3. The van der Waals surface area contributed by atoms with Crippen LogP contribution >= 0.6 is 11.6 Å². The summed E-state index contributed by atoms with van der Waals surface area (Å²) in [6.45, 7) is 3.78. The number of benzene rings is 2. The number of aryl methyl sites for hydroxylation is 2. The maximum absolute atomic E-state index is 14.0. The van der Waals surface area contributed by atoms with Gasteiger partial charge in [-0.3, -0.25) is 9.59 Å². The van der Waals surface area contributed by atoms with Crippen LogP contribution in [0.2, 0.25) is 0 Å². The van der Waals surface area contributed by atoms with Gasteiger partial charge in [0, 0.05) is 5.69 Å². The molecule has 6 heteroatoms. The molecule has 0 radical (unpaired) electrons. The van der Waals surface area contributed by atoms with Gasteiger partial charge in [0.2, 0.25) is 0 Å². The van der Waals surface area contributed by atoms with Gasteiger partial charge in [0.1, 0.15) is 16.5 Å². The Labute approximate surface area is 143 Å². The van der Waals surface area contributed by atoms with Gasteiger partial charge in [-0.2, -0.15) is 0 Å². The van der Waals surface area contributed by atoms with Crippen LogP contribution in [0, 0.1) is 19.7 Å². The van der Waals surface area contributed by atoms with E-state index in [0.717, 1.165) is 16.0 Å². The number of hydrogen-bond donors (Lipinski definition) is 1. The van der Waals surface area contributed by atoms with Crippen LogP contribution in [0.5, 0.6) is 0 Å². The lowest BCUT2D eigenvalue weighted by Gasteiger charge is -2.16. The molecule has 4 nitrogen and oxygen atoms in total. The van der Waals surface area contributed by atoms with Crippen molar-refractivity contribution in [2.75, 3.05) is 10.2 Å². The van der Waals surface area contributed by atoms with Crippen molar-refractivity contribution < 1.29 is 14.0 Å². The molecule has 3 rings (SSSR count). The van der Waals surface area contributed by atoms with Gasteiger partial charge < -0.3 is 5.32 Å². The molecule has 0 unspecified atom stereocenters. The van der Waals surface area contributed by atoms with Gasteiger partial charge in [-0.1, -0.05) is 35.9 Å². The minimum atomic E-state index is -0.750. The van der Waals surface area contributed by atoms with Crippen LogP contribution in [-0.4, -0.2) is 11.8 Å². The second-order valence-corrected chi connectivity index (χ2v) is 5.91. The van der Waals surface area contributed by atoms with Crippen molar-refractivity contribution in [1.29, 1.82) is 0 Å². The standard InChI is InChI=1S/C18H14ClFN2O2/c1-10-7-8-11(2)13(9-10)21-16-15(19)17(23)22(18(16)24)14-6-4-3-5-12(14)20/h3-9,21H,1-2H3. The monoisotopic (exact) mass is 344 g/mol. The lowest BCUT2D eigenvalue weighted by molar-refractivity contribution is -0.120. The average molecular weight is 345 g/mol. The molecule has 1 aliphatic heterocycles. The summed E-state index contributed by atoms with van der Waals surface area (Å²) in [6.07, 6.45) is 0. The lowest BCUT2D eigenvalue weighted by Crippen LogP contribution is -2.33. The molecule has 0 saturated carbocycles. The molecule has 24 heavy (non-hydrogen) atoms. The number of carbonyl (C=O) groups is 2. The molecule has 1 heterocycles. The van der Waals surface area contributed by atoms with Crippen molar-refractivity contribution in [3.8, 4) is 0 Å². The molecule has 2 aromatic carbocycles. The Bertz CT molecular complexity index is 892. The third kappa shape index (κ3) is 2.67. The molecule has 1 aliphatic rings. The van der Waals surface area contributed by atoms with Crippen molar-refractivity contribution >= 4 is 34.8 Å². The van der Waals surface area contributed by atoms with Gasteiger partial charge in [0.25, 0.3) is 11.8 Å². The number of imide groups is 1. The predicted molar refractivity (Wildman–Crippen MR) is 91.3 cm³/mol. The van der Waals surface area contributed by atoms with Gasteiger partial charge >= 0.3 is 0 Å². The summed E-state index contributed by atoms with van der Waals surface area (Å²) < 4.78 is 14.0. The highest BCUT2D eigenvalue weighted by Crippen LogP contribution is 2.32. The van der Waals surface area contributed by atoms with E-state index >= 15 is 0 Å². The fourth-order valence-corrected chi connectivity index (χ4v) is 2.68. The van der Waals surface area contributed by atoms with Crippen molar-refractivity contribution in [2.45, 2.75) is 13.8 Å². The van der Waals surface area contributed by atoms with E-state index in [1.54, 1.807) is 6.07 Å². The molecule has 0 spiro atoms. The molecular weight excluding hydrogens is 331 g/mol. The van der Waals surface area contributed by atoms with E-state index < -0.39 is 17.6 Å². The van der Waals surface area contributed by atoms with Crippen LogP contribution in [0.25, 0.3) is 0 Å². The van der Waals surface area contributed by atoms with Crippen LogP contribution in [0.3, 0.4) is 0 Å². The van der Waals surface area contributed by atoms with E-state index in [1.165, 1.54) is 18.2 Å². The first kappa shape index (κ1) is 16.2. The third-order valence-electron chi connectivity index (χ3n) is 3.77. The van der Waals surface area contributed by atoms with Crippen molar-refractivity contribution in [3.63, 3.8) is 0 Å². The molecule has 2 amide bonds. The third-order valence-corrected chi connectivity index (χ3v) is 4.12. The van der Waals surface area contributed by atoms with Gasteiger partial charge in [-0.15, -0.1) is 0 Å². The fourth-order valence-electron chi connectivity index (χ4n) is 2.47. The minimum Gasteiger partial charge on any atom is -0.349 e. The van der Waals surface area contributed by atoms with Gasteiger partial charge in [-0.25, -0.2) is 9.29 Å². The molecule has 0 atom stereocenters. The molecule has 0 aromatic heterocycles. The first-order chi connectivity index (χ1) is 11.4. The van der Waals surface area contributed by atoms with Crippen LogP contribution in [0.15, 0.2) is 53.2 Å². The Morgan fingerprint density at radius 2 is 1.75 bits per heavy atom. The highest BCUT2D eigenvalue weighted by atomic mass is 35.5. The SMILES string of the molecule is Cc1ccc(C)c(NC2=C(Cl)C(=O)N(c3ccccc3F)C2=O)c1. The second-order valence-electron chi connectivity index (χ2n) is 5.53. The number of carbonyl (C=O) groups excluding carboxylic acids is 2. The number of anilines is 2. The largest absolute Gasteiger partial charge is 0.349 e. The summed E-state index contributed by atoms with van der Waals surface area (Å²) >= 11 is 6.05. The molecule has 0 saturated heterocycles. The molecule has 1 N–H and O–H groups in total. The minimum absolute atomic E-state index is 0.0568. The number of amides is 2. The van der Waals surface area contributed by atoms with Crippen molar-refractivity contribution in [3.05, 3.63) is 70.1 Å². The van der Waals surface area contributed by atoms with Crippen LogP contribution in [0.1, 0.15) is 11.1 Å². The number of nitrogens with zero attached hydrogens (tertiary/aromatic N) is 1. The zero-order chi connectivity index (χ0) is 17.4. The maximum Gasteiger partial charge on any atom is 0.283 e. The van der Waals surface area contributed by atoms with E-state index in [0.29, 0.717) is 5.69 Å². The van der Waals surface area contributed by atoms with Gasteiger partial charge in [-0.05, 0) is 43.2 Å². The maximum atomic E-state index is 14.0. The summed E-state index contributed by atoms with van der Waals surface area (Å²) in [6, 6.07) is 11.2. The Kier molecular flexibility index (Phi) is 4.11. The van der Waals surface area contributed by atoms with Crippen LogP contribution < -0.4 is 10.2 Å². The van der Waals surface area contributed by atoms with E-state index in [4.69, 9.17) is 11.6 Å². The first-order valence-corrected chi connectivity index (χ1v) is 7.65. The normalized spacial score (nSPS) is 14.6. The van der Waals surface area contributed by atoms with E-state index in [9.17, 15) is 14.0 Å². The number of hydrogen-bond acceptors (Lipinski definition) is 3. The quantitative estimate of drug-likeness (QED) is 0.860. The van der Waals surface area contributed by atoms with Gasteiger partial charge in [0.15, 0.2) is 0 Å². The molecule has 0 fully saturated rings. The number of halogens is 2. The molecule has 0 bridgehead atoms. The molecule has 0 aliphatic carbocycles. The average Bonchev–Trinajstić information content (AvgIpc) is 2.75.